The quantitative estimate of drug-likeness (QED) is 0.814. The van der Waals surface area contributed by atoms with Crippen LogP contribution in [0.2, 0.25) is 0 Å². The number of carbonyl (C=O) groups excluding carboxylic acids is 1. The molecule has 0 spiro atoms. The standard InChI is InChI=1S/C12H14N2O4/c15-11(14-5-8-2-4-18-7-8)9-1-3-13-6-10(9)12(16)17/h1,3,6,8H,2,4-5,7H2,(H,14,15)(H,16,17). The normalized spacial score (nSPS) is 18.6. The summed E-state index contributed by atoms with van der Waals surface area (Å²) in [5.74, 6) is -1.23. The minimum Gasteiger partial charge on any atom is -0.478 e. The number of hydrogen-bond acceptors (Lipinski definition) is 4. The molecular weight excluding hydrogens is 236 g/mol. The van der Waals surface area contributed by atoms with Gasteiger partial charge < -0.3 is 15.2 Å². The fourth-order valence-corrected chi connectivity index (χ4v) is 1.84. The van der Waals surface area contributed by atoms with Crippen LogP contribution in [0.25, 0.3) is 0 Å². The van der Waals surface area contributed by atoms with Crippen LogP contribution < -0.4 is 5.32 Å². The summed E-state index contributed by atoms with van der Waals surface area (Å²) in [6.07, 6.45) is 3.50. The summed E-state index contributed by atoms with van der Waals surface area (Å²) >= 11 is 0. The molecular formula is C12H14N2O4. The molecule has 1 aromatic rings. The van der Waals surface area contributed by atoms with Crippen molar-refractivity contribution in [2.75, 3.05) is 19.8 Å². The van der Waals surface area contributed by atoms with Crippen LogP contribution in [-0.4, -0.2) is 41.7 Å². The number of carbonyl (C=O) groups is 2. The summed E-state index contributed by atoms with van der Waals surface area (Å²) in [6, 6.07) is 1.41. The van der Waals surface area contributed by atoms with E-state index >= 15 is 0 Å². The van der Waals surface area contributed by atoms with Crippen molar-refractivity contribution in [2.24, 2.45) is 5.92 Å². The molecule has 1 unspecified atom stereocenters. The van der Waals surface area contributed by atoms with E-state index < -0.39 is 5.97 Å². The molecule has 1 amide bonds. The average Bonchev–Trinajstić information content (AvgIpc) is 2.89. The van der Waals surface area contributed by atoms with Gasteiger partial charge in [0.15, 0.2) is 0 Å². The first kappa shape index (κ1) is 12.5. The molecule has 0 aliphatic carbocycles. The van der Waals surface area contributed by atoms with E-state index in [-0.39, 0.29) is 17.0 Å². The van der Waals surface area contributed by atoms with Gasteiger partial charge in [-0.25, -0.2) is 4.79 Å². The summed E-state index contributed by atoms with van der Waals surface area (Å²) < 4.78 is 5.20. The number of amides is 1. The number of nitrogens with zero attached hydrogens (tertiary/aromatic N) is 1. The highest BCUT2D eigenvalue weighted by molar-refractivity contribution is 6.04. The second-order valence-electron chi connectivity index (χ2n) is 4.17. The molecule has 1 aromatic heterocycles. The molecule has 0 aromatic carbocycles. The van der Waals surface area contributed by atoms with Gasteiger partial charge in [0.25, 0.3) is 5.91 Å². The van der Waals surface area contributed by atoms with Crippen molar-refractivity contribution in [1.29, 1.82) is 0 Å². The van der Waals surface area contributed by atoms with E-state index in [0.29, 0.717) is 19.1 Å². The maximum atomic E-state index is 11.9. The van der Waals surface area contributed by atoms with Crippen molar-refractivity contribution in [1.82, 2.24) is 10.3 Å². The highest BCUT2D eigenvalue weighted by Crippen LogP contribution is 2.12. The summed E-state index contributed by atoms with van der Waals surface area (Å²) in [7, 11) is 0. The first-order chi connectivity index (χ1) is 8.68. The van der Waals surface area contributed by atoms with Gasteiger partial charge in [-0.05, 0) is 12.5 Å². The van der Waals surface area contributed by atoms with E-state index in [1.54, 1.807) is 0 Å². The fraction of sp³-hybridized carbons (Fsp3) is 0.417. The van der Waals surface area contributed by atoms with Crippen LogP contribution in [-0.2, 0) is 4.74 Å². The minimum atomic E-state index is -1.16. The summed E-state index contributed by atoms with van der Waals surface area (Å²) in [5.41, 5.74) is 0.0501. The Labute approximate surface area is 104 Å². The lowest BCUT2D eigenvalue weighted by Crippen LogP contribution is -2.30. The van der Waals surface area contributed by atoms with E-state index in [9.17, 15) is 9.59 Å². The summed E-state index contributed by atoms with van der Waals surface area (Å²) in [4.78, 5) is 26.5. The van der Waals surface area contributed by atoms with Crippen LogP contribution in [0.4, 0.5) is 0 Å². The topological polar surface area (TPSA) is 88.5 Å². The summed E-state index contributed by atoms with van der Waals surface area (Å²) in [6.45, 7) is 1.86. The molecule has 6 heteroatoms. The SMILES string of the molecule is O=C(O)c1cnccc1C(=O)NCC1CCOC1. The number of carboxylic acids is 1. The van der Waals surface area contributed by atoms with Crippen LogP contribution >= 0.6 is 0 Å². The molecule has 0 saturated carbocycles. The maximum Gasteiger partial charge on any atom is 0.338 e. The number of ether oxygens (including phenoxy) is 1. The number of hydrogen-bond donors (Lipinski definition) is 2. The number of aromatic nitrogens is 1. The van der Waals surface area contributed by atoms with E-state index in [1.165, 1.54) is 18.5 Å². The zero-order valence-electron chi connectivity index (χ0n) is 9.76. The molecule has 0 bridgehead atoms. The molecule has 0 radical (unpaired) electrons. The fourth-order valence-electron chi connectivity index (χ4n) is 1.84. The van der Waals surface area contributed by atoms with Crippen molar-refractivity contribution < 1.29 is 19.4 Å². The highest BCUT2D eigenvalue weighted by Gasteiger charge is 2.19. The van der Waals surface area contributed by atoms with Gasteiger partial charge in [0.05, 0.1) is 17.7 Å². The van der Waals surface area contributed by atoms with Gasteiger partial charge in [-0.15, -0.1) is 0 Å². The number of pyridine rings is 1. The van der Waals surface area contributed by atoms with Gasteiger partial charge in [-0.3, -0.25) is 9.78 Å². The lowest BCUT2D eigenvalue weighted by Gasteiger charge is -2.10. The predicted octanol–water partition coefficient (Wildman–Crippen LogP) is 0.546. The van der Waals surface area contributed by atoms with Crippen molar-refractivity contribution in [3.05, 3.63) is 29.6 Å². The van der Waals surface area contributed by atoms with Crippen LogP contribution in [0, 0.1) is 5.92 Å². The first-order valence-corrected chi connectivity index (χ1v) is 5.71. The zero-order chi connectivity index (χ0) is 13.0. The Balaban J connectivity index is 2.01. The molecule has 6 nitrogen and oxygen atoms in total. The third kappa shape index (κ3) is 2.84. The molecule has 2 rings (SSSR count). The van der Waals surface area contributed by atoms with Crippen LogP contribution in [0.15, 0.2) is 18.5 Å². The number of carboxylic acid groups (broad SMARTS) is 1. The van der Waals surface area contributed by atoms with Gasteiger partial charge >= 0.3 is 5.97 Å². The van der Waals surface area contributed by atoms with Gasteiger partial charge in [0, 0.05) is 31.5 Å². The second kappa shape index (κ2) is 5.59. The van der Waals surface area contributed by atoms with Crippen molar-refractivity contribution in [3.63, 3.8) is 0 Å². The highest BCUT2D eigenvalue weighted by atomic mass is 16.5. The molecule has 1 atom stereocenters. The Morgan fingerprint density at radius 3 is 3.00 bits per heavy atom. The molecule has 96 valence electrons. The van der Waals surface area contributed by atoms with E-state index in [1.807, 2.05) is 0 Å². The Bertz CT molecular complexity index is 455. The average molecular weight is 250 g/mol. The third-order valence-corrected chi connectivity index (χ3v) is 2.87. The molecule has 1 aliphatic heterocycles. The van der Waals surface area contributed by atoms with Gasteiger partial charge in [0.2, 0.25) is 0 Å². The third-order valence-electron chi connectivity index (χ3n) is 2.87. The van der Waals surface area contributed by atoms with Crippen molar-refractivity contribution >= 4 is 11.9 Å². The van der Waals surface area contributed by atoms with E-state index in [0.717, 1.165) is 13.0 Å². The van der Waals surface area contributed by atoms with E-state index in [2.05, 4.69) is 10.3 Å². The van der Waals surface area contributed by atoms with Crippen LogP contribution in [0.5, 0.6) is 0 Å². The number of nitrogens with one attached hydrogen (secondary N) is 1. The second-order valence-corrected chi connectivity index (χ2v) is 4.17. The molecule has 1 aliphatic rings. The molecule has 2 N–H and O–H groups in total. The van der Waals surface area contributed by atoms with E-state index in [4.69, 9.17) is 9.84 Å². The molecule has 1 fully saturated rings. The van der Waals surface area contributed by atoms with Crippen molar-refractivity contribution in [3.8, 4) is 0 Å². The van der Waals surface area contributed by atoms with Crippen LogP contribution in [0.1, 0.15) is 27.1 Å². The largest absolute Gasteiger partial charge is 0.478 e. The Morgan fingerprint density at radius 1 is 1.50 bits per heavy atom. The Kier molecular flexibility index (Phi) is 3.88. The monoisotopic (exact) mass is 250 g/mol. The Hall–Kier alpha value is -1.95. The molecule has 2 heterocycles. The van der Waals surface area contributed by atoms with Gasteiger partial charge in [-0.1, -0.05) is 0 Å². The number of rotatable bonds is 4. The Morgan fingerprint density at radius 2 is 2.33 bits per heavy atom. The lowest BCUT2D eigenvalue weighted by atomic mass is 10.1. The van der Waals surface area contributed by atoms with Crippen molar-refractivity contribution in [2.45, 2.75) is 6.42 Å². The first-order valence-electron chi connectivity index (χ1n) is 5.71. The lowest BCUT2D eigenvalue weighted by molar-refractivity contribution is 0.0690. The predicted molar refractivity (Wildman–Crippen MR) is 62.5 cm³/mol. The minimum absolute atomic E-state index is 0.0855. The number of aromatic carboxylic acids is 1. The van der Waals surface area contributed by atoms with Gasteiger partial charge in [0.1, 0.15) is 0 Å². The molecule has 18 heavy (non-hydrogen) atoms. The molecule has 1 saturated heterocycles. The summed E-state index contributed by atoms with van der Waals surface area (Å²) in [5, 5.41) is 11.7. The smallest absolute Gasteiger partial charge is 0.338 e. The van der Waals surface area contributed by atoms with Gasteiger partial charge in [-0.2, -0.15) is 0 Å². The zero-order valence-corrected chi connectivity index (χ0v) is 9.76. The van der Waals surface area contributed by atoms with Crippen LogP contribution in [0.3, 0.4) is 0 Å². The maximum absolute atomic E-state index is 11.9.